The average molecular weight is 369 g/mol. The molecule has 27 heavy (non-hydrogen) atoms. The van der Waals surface area contributed by atoms with Gasteiger partial charge in [-0.05, 0) is 36.4 Å². The summed E-state index contributed by atoms with van der Waals surface area (Å²) in [7, 11) is 0. The molecule has 0 radical (unpaired) electrons. The molecule has 0 saturated heterocycles. The van der Waals surface area contributed by atoms with Gasteiger partial charge in [0.2, 0.25) is 5.91 Å². The number of benzene rings is 2. The molecule has 0 heterocycles. The van der Waals surface area contributed by atoms with Crippen molar-refractivity contribution in [2.45, 2.75) is 12.8 Å². The van der Waals surface area contributed by atoms with E-state index in [0.29, 0.717) is 5.56 Å². The number of carbonyl (C=O) groups excluding carboxylic acids is 3. The van der Waals surface area contributed by atoms with Gasteiger partial charge >= 0.3 is 0 Å². The molecule has 0 unspecified atom stereocenters. The number of hydrazine groups is 1. The predicted octanol–water partition coefficient (Wildman–Crippen LogP) is 1.89. The molecule has 0 spiro atoms. The number of para-hydroxylation sites is 1. The molecule has 7 nitrogen and oxygen atoms in total. The van der Waals surface area contributed by atoms with Crippen molar-refractivity contribution in [1.29, 1.82) is 5.26 Å². The average Bonchev–Trinajstić information content (AvgIpc) is 2.69. The zero-order valence-electron chi connectivity index (χ0n) is 14.2. The Labute approximate surface area is 154 Å². The standard InChI is InChI=1S/C19H16FN3O4/c20-15-7-5-13(6-8-15)16(24)9-10-18(25)22-23-19(26)12-27-17-4-2-1-3-14(17)11-21/h1-8H,9-10,12H2,(H,22,25)(H,23,26). The summed E-state index contributed by atoms with van der Waals surface area (Å²) in [6.45, 7) is -0.395. The molecule has 0 aliphatic rings. The Morgan fingerprint density at radius 3 is 2.33 bits per heavy atom. The summed E-state index contributed by atoms with van der Waals surface area (Å²) < 4.78 is 18.0. The lowest BCUT2D eigenvalue weighted by Crippen LogP contribution is -2.43. The van der Waals surface area contributed by atoms with Gasteiger partial charge in [0.05, 0.1) is 5.56 Å². The Bertz CT molecular complexity index is 875. The number of hydrogen-bond acceptors (Lipinski definition) is 5. The number of Topliss-reactive ketones (excluding diaryl/α,β-unsaturated/α-hetero) is 1. The van der Waals surface area contributed by atoms with Crippen molar-refractivity contribution in [3.63, 3.8) is 0 Å². The molecule has 8 heteroatoms. The minimum Gasteiger partial charge on any atom is -0.482 e. The molecule has 2 aromatic rings. The largest absolute Gasteiger partial charge is 0.482 e. The zero-order valence-corrected chi connectivity index (χ0v) is 14.2. The lowest BCUT2D eigenvalue weighted by Gasteiger charge is -2.09. The van der Waals surface area contributed by atoms with Gasteiger partial charge in [0.1, 0.15) is 17.6 Å². The number of rotatable bonds is 7. The summed E-state index contributed by atoms with van der Waals surface area (Å²) in [4.78, 5) is 35.2. The number of nitrogens with one attached hydrogen (secondary N) is 2. The summed E-state index contributed by atoms with van der Waals surface area (Å²) in [5, 5.41) is 8.93. The number of ether oxygens (including phenoxy) is 1. The molecular formula is C19H16FN3O4. The first-order chi connectivity index (χ1) is 13.0. The third-order valence-corrected chi connectivity index (χ3v) is 3.45. The molecule has 2 amide bonds. The number of carbonyl (C=O) groups is 3. The third kappa shape index (κ3) is 6.25. The van der Waals surface area contributed by atoms with Gasteiger partial charge < -0.3 is 4.74 Å². The first kappa shape index (κ1) is 19.6. The van der Waals surface area contributed by atoms with Crippen molar-refractivity contribution < 1.29 is 23.5 Å². The number of ketones is 1. The van der Waals surface area contributed by atoms with Gasteiger partial charge in [0.25, 0.3) is 5.91 Å². The molecule has 0 bridgehead atoms. The van der Waals surface area contributed by atoms with Crippen molar-refractivity contribution in [2.75, 3.05) is 6.61 Å². The van der Waals surface area contributed by atoms with Crippen molar-refractivity contribution >= 4 is 17.6 Å². The van der Waals surface area contributed by atoms with Crippen LogP contribution in [0, 0.1) is 17.1 Å². The monoisotopic (exact) mass is 369 g/mol. The predicted molar refractivity (Wildman–Crippen MR) is 92.9 cm³/mol. The number of halogens is 1. The van der Waals surface area contributed by atoms with E-state index in [9.17, 15) is 18.8 Å². The van der Waals surface area contributed by atoms with Crippen LogP contribution in [-0.4, -0.2) is 24.2 Å². The van der Waals surface area contributed by atoms with Crippen molar-refractivity contribution in [3.05, 3.63) is 65.5 Å². The second-order valence-electron chi connectivity index (χ2n) is 5.42. The highest BCUT2D eigenvalue weighted by atomic mass is 19.1. The van der Waals surface area contributed by atoms with Gasteiger partial charge in [0, 0.05) is 18.4 Å². The molecule has 0 aliphatic carbocycles. The van der Waals surface area contributed by atoms with E-state index in [1.807, 2.05) is 6.07 Å². The fourth-order valence-corrected chi connectivity index (χ4v) is 2.07. The van der Waals surface area contributed by atoms with E-state index in [2.05, 4.69) is 10.9 Å². The van der Waals surface area contributed by atoms with E-state index in [1.54, 1.807) is 24.3 Å². The molecule has 0 aliphatic heterocycles. The molecule has 138 valence electrons. The summed E-state index contributed by atoms with van der Waals surface area (Å²) >= 11 is 0. The topological polar surface area (TPSA) is 108 Å². The zero-order chi connectivity index (χ0) is 19.6. The van der Waals surface area contributed by atoms with Crippen LogP contribution < -0.4 is 15.6 Å². The van der Waals surface area contributed by atoms with Crippen LogP contribution in [-0.2, 0) is 9.59 Å². The Hall–Kier alpha value is -3.73. The highest BCUT2D eigenvalue weighted by Gasteiger charge is 2.11. The van der Waals surface area contributed by atoms with E-state index in [0.717, 1.165) is 12.1 Å². The Balaban J connectivity index is 1.70. The van der Waals surface area contributed by atoms with Gasteiger partial charge in [-0.15, -0.1) is 0 Å². The van der Waals surface area contributed by atoms with Crippen molar-refractivity contribution in [1.82, 2.24) is 10.9 Å². The molecule has 0 aromatic heterocycles. The Morgan fingerprint density at radius 2 is 1.63 bits per heavy atom. The first-order valence-corrected chi connectivity index (χ1v) is 7.98. The van der Waals surface area contributed by atoms with E-state index >= 15 is 0 Å². The summed E-state index contributed by atoms with van der Waals surface area (Å²) in [5.41, 5.74) is 4.91. The van der Waals surface area contributed by atoms with Gasteiger partial charge in [-0.3, -0.25) is 25.2 Å². The Morgan fingerprint density at radius 1 is 0.963 bits per heavy atom. The van der Waals surface area contributed by atoms with Gasteiger partial charge in [-0.2, -0.15) is 5.26 Å². The molecule has 0 fully saturated rings. The van der Waals surface area contributed by atoms with Gasteiger partial charge in [-0.25, -0.2) is 4.39 Å². The maximum atomic E-state index is 12.8. The quantitative estimate of drug-likeness (QED) is 0.572. The van der Waals surface area contributed by atoms with Crippen LogP contribution in [0.1, 0.15) is 28.8 Å². The lowest BCUT2D eigenvalue weighted by molar-refractivity contribution is -0.130. The molecule has 0 atom stereocenters. The summed E-state index contributed by atoms with van der Waals surface area (Å²) in [6, 6.07) is 13.4. The van der Waals surface area contributed by atoms with Crippen molar-refractivity contribution in [3.8, 4) is 11.8 Å². The van der Waals surface area contributed by atoms with Crippen LogP contribution in [0.3, 0.4) is 0 Å². The second-order valence-corrected chi connectivity index (χ2v) is 5.42. The van der Waals surface area contributed by atoms with E-state index in [1.165, 1.54) is 12.1 Å². The normalized spacial score (nSPS) is 9.78. The molecule has 2 N–H and O–H groups in total. The highest BCUT2D eigenvalue weighted by molar-refractivity contribution is 5.98. The summed E-state index contributed by atoms with van der Waals surface area (Å²) in [6.07, 6.45) is -0.228. The number of amides is 2. The van der Waals surface area contributed by atoms with E-state index < -0.39 is 24.2 Å². The molecule has 0 saturated carbocycles. The Kier molecular flexibility index (Phi) is 7.02. The number of nitriles is 1. The fourth-order valence-electron chi connectivity index (χ4n) is 2.07. The van der Waals surface area contributed by atoms with Crippen LogP contribution in [0.5, 0.6) is 5.75 Å². The first-order valence-electron chi connectivity index (χ1n) is 7.98. The van der Waals surface area contributed by atoms with Crippen molar-refractivity contribution in [2.24, 2.45) is 0 Å². The minimum absolute atomic E-state index is 0.0839. The fraction of sp³-hybridized carbons (Fsp3) is 0.158. The molecular weight excluding hydrogens is 353 g/mol. The van der Waals surface area contributed by atoms with Gasteiger partial charge in [-0.1, -0.05) is 12.1 Å². The van der Waals surface area contributed by atoms with Gasteiger partial charge in [0.15, 0.2) is 12.4 Å². The van der Waals surface area contributed by atoms with E-state index in [-0.39, 0.29) is 29.9 Å². The lowest BCUT2D eigenvalue weighted by atomic mass is 10.1. The minimum atomic E-state index is -0.624. The second kappa shape index (κ2) is 9.68. The third-order valence-electron chi connectivity index (χ3n) is 3.45. The van der Waals surface area contributed by atoms with Crippen LogP contribution >= 0.6 is 0 Å². The van der Waals surface area contributed by atoms with Crippen LogP contribution in [0.15, 0.2) is 48.5 Å². The molecule has 2 rings (SSSR count). The number of nitrogens with zero attached hydrogens (tertiary/aromatic N) is 1. The SMILES string of the molecule is N#Cc1ccccc1OCC(=O)NNC(=O)CCC(=O)c1ccc(F)cc1. The smallest absolute Gasteiger partial charge is 0.276 e. The van der Waals surface area contributed by atoms with Crippen LogP contribution in [0.4, 0.5) is 4.39 Å². The number of hydrogen-bond donors (Lipinski definition) is 2. The van der Waals surface area contributed by atoms with Crippen LogP contribution in [0.25, 0.3) is 0 Å². The maximum Gasteiger partial charge on any atom is 0.276 e. The van der Waals surface area contributed by atoms with Crippen LogP contribution in [0.2, 0.25) is 0 Å². The van der Waals surface area contributed by atoms with E-state index in [4.69, 9.17) is 10.00 Å². The maximum absolute atomic E-state index is 12.8. The highest BCUT2D eigenvalue weighted by Crippen LogP contribution is 2.16. The summed E-state index contributed by atoms with van der Waals surface area (Å²) in [5.74, 6) is -1.69. The molecule has 2 aromatic carbocycles.